The highest BCUT2D eigenvalue weighted by Gasteiger charge is 2.12. The number of carbonyl (C=O) groups excluding carboxylic acids is 1. The SMILES string of the molecule is CCOC(=O)C(=N)OC(C)C. The number of rotatable bonds is 2. The van der Waals surface area contributed by atoms with E-state index < -0.39 is 11.9 Å². The third-order valence-electron chi connectivity index (χ3n) is 0.814. The van der Waals surface area contributed by atoms with Gasteiger partial charge in [0, 0.05) is 0 Å². The highest BCUT2D eigenvalue weighted by Crippen LogP contribution is 1.91. The predicted octanol–water partition coefficient (Wildman–Crippen LogP) is 0.952. The van der Waals surface area contributed by atoms with Crippen LogP contribution in [0.4, 0.5) is 0 Å². The average molecular weight is 159 g/mol. The molecule has 0 heterocycles. The van der Waals surface area contributed by atoms with Crippen molar-refractivity contribution in [3.8, 4) is 0 Å². The minimum atomic E-state index is -0.707. The molecular formula is C7H13NO3. The lowest BCUT2D eigenvalue weighted by Crippen LogP contribution is -2.22. The first-order chi connectivity index (χ1) is 5.07. The molecule has 0 spiro atoms. The van der Waals surface area contributed by atoms with Crippen molar-refractivity contribution in [1.82, 2.24) is 0 Å². The molecule has 0 aromatic carbocycles. The second kappa shape index (κ2) is 4.71. The number of ether oxygens (including phenoxy) is 2. The first kappa shape index (κ1) is 9.94. The van der Waals surface area contributed by atoms with Gasteiger partial charge >= 0.3 is 5.97 Å². The van der Waals surface area contributed by atoms with Crippen molar-refractivity contribution in [3.63, 3.8) is 0 Å². The van der Waals surface area contributed by atoms with Crippen LogP contribution in [-0.2, 0) is 14.3 Å². The first-order valence-electron chi connectivity index (χ1n) is 3.50. The van der Waals surface area contributed by atoms with E-state index in [1.807, 2.05) is 0 Å². The molecule has 0 aliphatic heterocycles. The Hall–Kier alpha value is -1.06. The molecular weight excluding hydrogens is 146 g/mol. The van der Waals surface area contributed by atoms with E-state index in [4.69, 9.17) is 10.1 Å². The van der Waals surface area contributed by atoms with Crippen LogP contribution in [0.5, 0.6) is 0 Å². The van der Waals surface area contributed by atoms with Crippen LogP contribution in [0.15, 0.2) is 0 Å². The fourth-order valence-electron chi connectivity index (χ4n) is 0.480. The number of hydrogen-bond donors (Lipinski definition) is 1. The normalized spacial score (nSPS) is 9.45. The summed E-state index contributed by atoms with van der Waals surface area (Å²) < 4.78 is 9.29. The third kappa shape index (κ3) is 4.36. The quantitative estimate of drug-likeness (QED) is 0.370. The van der Waals surface area contributed by atoms with E-state index >= 15 is 0 Å². The van der Waals surface area contributed by atoms with Gasteiger partial charge in [-0.15, -0.1) is 0 Å². The molecule has 0 radical (unpaired) electrons. The summed E-state index contributed by atoms with van der Waals surface area (Å²) in [4.78, 5) is 10.7. The van der Waals surface area contributed by atoms with E-state index in [0.717, 1.165) is 0 Å². The molecule has 4 heteroatoms. The predicted molar refractivity (Wildman–Crippen MR) is 40.6 cm³/mol. The second-order valence-corrected chi connectivity index (χ2v) is 2.22. The molecule has 0 saturated heterocycles. The smallest absolute Gasteiger partial charge is 0.393 e. The van der Waals surface area contributed by atoms with Gasteiger partial charge < -0.3 is 9.47 Å². The van der Waals surface area contributed by atoms with E-state index in [9.17, 15) is 4.79 Å². The van der Waals surface area contributed by atoms with Crippen LogP contribution in [0, 0.1) is 5.41 Å². The molecule has 0 atom stereocenters. The molecule has 0 aromatic heterocycles. The summed E-state index contributed by atoms with van der Waals surface area (Å²) >= 11 is 0. The third-order valence-corrected chi connectivity index (χ3v) is 0.814. The molecule has 1 N–H and O–H groups in total. The fourth-order valence-corrected chi connectivity index (χ4v) is 0.480. The molecule has 0 aromatic rings. The van der Waals surface area contributed by atoms with Gasteiger partial charge in [0.05, 0.1) is 12.7 Å². The molecule has 64 valence electrons. The molecule has 0 unspecified atom stereocenters. The van der Waals surface area contributed by atoms with Crippen LogP contribution < -0.4 is 0 Å². The maximum absolute atomic E-state index is 10.7. The second-order valence-electron chi connectivity index (χ2n) is 2.22. The topological polar surface area (TPSA) is 59.4 Å². The van der Waals surface area contributed by atoms with Crippen molar-refractivity contribution in [1.29, 1.82) is 5.41 Å². The zero-order chi connectivity index (χ0) is 8.85. The highest BCUT2D eigenvalue weighted by molar-refractivity contribution is 6.31. The minimum absolute atomic E-state index is 0.160. The lowest BCUT2D eigenvalue weighted by molar-refractivity contribution is -0.137. The van der Waals surface area contributed by atoms with E-state index in [0.29, 0.717) is 0 Å². The molecule has 0 amide bonds. The highest BCUT2D eigenvalue weighted by atomic mass is 16.6. The van der Waals surface area contributed by atoms with Crippen LogP contribution in [0.25, 0.3) is 0 Å². The molecule has 0 bridgehead atoms. The monoisotopic (exact) mass is 159 g/mol. The largest absolute Gasteiger partial charge is 0.470 e. The summed E-state index contributed by atoms with van der Waals surface area (Å²) in [5, 5.41) is 7.03. The van der Waals surface area contributed by atoms with Crippen molar-refractivity contribution in [2.24, 2.45) is 0 Å². The van der Waals surface area contributed by atoms with Gasteiger partial charge in [0.2, 0.25) is 0 Å². The van der Waals surface area contributed by atoms with Crippen LogP contribution in [-0.4, -0.2) is 24.6 Å². The molecule has 0 saturated carbocycles. The molecule has 0 aliphatic rings. The molecule has 0 fully saturated rings. The van der Waals surface area contributed by atoms with Crippen molar-refractivity contribution in [2.75, 3.05) is 6.61 Å². The Kier molecular flexibility index (Phi) is 4.26. The van der Waals surface area contributed by atoms with Crippen molar-refractivity contribution in [3.05, 3.63) is 0 Å². The maximum atomic E-state index is 10.7. The summed E-state index contributed by atoms with van der Waals surface area (Å²) in [6.45, 7) is 5.44. The summed E-state index contributed by atoms with van der Waals surface area (Å²) in [6.07, 6.45) is -0.160. The van der Waals surface area contributed by atoms with Gasteiger partial charge in [-0.3, -0.25) is 5.41 Å². The van der Waals surface area contributed by atoms with Gasteiger partial charge in [-0.25, -0.2) is 4.79 Å². The summed E-state index contributed by atoms with van der Waals surface area (Å²) in [5.41, 5.74) is 0. The van der Waals surface area contributed by atoms with Gasteiger partial charge in [0.25, 0.3) is 5.90 Å². The number of carbonyl (C=O) groups is 1. The molecule has 0 rings (SSSR count). The van der Waals surface area contributed by atoms with Crippen LogP contribution in [0.3, 0.4) is 0 Å². The van der Waals surface area contributed by atoms with Crippen LogP contribution in [0.1, 0.15) is 20.8 Å². The summed E-state index contributed by atoms with van der Waals surface area (Å²) in [6, 6.07) is 0. The van der Waals surface area contributed by atoms with Crippen LogP contribution >= 0.6 is 0 Å². The molecule has 4 nitrogen and oxygen atoms in total. The van der Waals surface area contributed by atoms with Crippen molar-refractivity contribution < 1.29 is 14.3 Å². The average Bonchev–Trinajstić information content (AvgIpc) is 1.86. The van der Waals surface area contributed by atoms with Crippen molar-refractivity contribution >= 4 is 11.9 Å². The van der Waals surface area contributed by atoms with Gasteiger partial charge in [-0.2, -0.15) is 0 Å². The van der Waals surface area contributed by atoms with E-state index in [2.05, 4.69) is 4.74 Å². The molecule has 0 aliphatic carbocycles. The number of hydrogen-bond acceptors (Lipinski definition) is 4. The summed E-state index contributed by atoms with van der Waals surface area (Å²) in [7, 11) is 0. The zero-order valence-electron chi connectivity index (χ0n) is 7.01. The van der Waals surface area contributed by atoms with Gasteiger partial charge in [0.1, 0.15) is 0 Å². The lowest BCUT2D eigenvalue weighted by Gasteiger charge is -2.08. The fraction of sp³-hybridized carbons (Fsp3) is 0.714. The Bertz CT molecular complexity index is 154. The van der Waals surface area contributed by atoms with Crippen LogP contribution in [0.2, 0.25) is 0 Å². The van der Waals surface area contributed by atoms with Gasteiger partial charge in [-0.05, 0) is 20.8 Å². The number of esters is 1. The standard InChI is InChI=1S/C7H13NO3/c1-4-10-7(9)6(8)11-5(2)3/h5,8H,4H2,1-3H3. The maximum Gasteiger partial charge on any atom is 0.393 e. The number of nitrogens with one attached hydrogen (secondary N) is 1. The van der Waals surface area contributed by atoms with Crippen molar-refractivity contribution in [2.45, 2.75) is 26.9 Å². The zero-order valence-corrected chi connectivity index (χ0v) is 7.01. The first-order valence-corrected chi connectivity index (χ1v) is 3.50. The van der Waals surface area contributed by atoms with Gasteiger partial charge in [-0.1, -0.05) is 0 Å². The minimum Gasteiger partial charge on any atom is -0.470 e. The Labute approximate surface area is 66.0 Å². The Morgan fingerprint density at radius 3 is 2.45 bits per heavy atom. The molecule has 11 heavy (non-hydrogen) atoms. The Morgan fingerprint density at radius 2 is 2.09 bits per heavy atom. The van der Waals surface area contributed by atoms with Gasteiger partial charge in [0.15, 0.2) is 0 Å². The lowest BCUT2D eigenvalue weighted by atomic mass is 10.5. The Balaban J connectivity index is 3.74. The Morgan fingerprint density at radius 1 is 1.55 bits per heavy atom. The van der Waals surface area contributed by atoms with E-state index in [1.165, 1.54) is 0 Å². The van der Waals surface area contributed by atoms with E-state index in [-0.39, 0.29) is 12.7 Å². The summed E-state index contributed by atoms with van der Waals surface area (Å²) in [5.74, 6) is -1.14. The van der Waals surface area contributed by atoms with E-state index in [1.54, 1.807) is 20.8 Å².